The minimum Gasteiger partial charge on any atom is -0.402 e. The number of carbonyl (C=O) groups is 1. The van der Waals surface area contributed by atoms with Gasteiger partial charge in [0.25, 0.3) is 0 Å². The van der Waals surface area contributed by atoms with E-state index in [4.69, 9.17) is 20.5 Å². The average molecular weight is 454 g/mol. The molecule has 31 heavy (non-hydrogen) atoms. The second-order valence-corrected chi connectivity index (χ2v) is 8.69. The Morgan fingerprint density at radius 3 is 2.32 bits per heavy atom. The zero-order chi connectivity index (χ0) is 22.0. The molecule has 0 aromatic heterocycles. The van der Waals surface area contributed by atoms with Crippen molar-refractivity contribution in [2.45, 2.75) is 11.8 Å². The van der Waals surface area contributed by atoms with Crippen molar-refractivity contribution in [1.82, 2.24) is 0 Å². The van der Waals surface area contributed by atoms with Gasteiger partial charge in [-0.3, -0.25) is 0 Å². The maximum absolute atomic E-state index is 12.4. The fraction of sp³-hybridized carbons (Fsp3) is 0.0435. The smallest absolute Gasteiger partial charge is 0.363 e. The van der Waals surface area contributed by atoms with Crippen LogP contribution < -0.4 is 4.18 Å². The molecule has 6 nitrogen and oxygen atoms in total. The first-order valence-electron chi connectivity index (χ1n) is 9.20. The number of halogens is 1. The highest BCUT2D eigenvalue weighted by atomic mass is 35.5. The molecule has 8 heteroatoms. The van der Waals surface area contributed by atoms with Crippen molar-refractivity contribution in [1.29, 1.82) is 0 Å². The lowest BCUT2D eigenvalue weighted by Gasteiger charge is -2.07. The summed E-state index contributed by atoms with van der Waals surface area (Å²) in [5, 5.41) is 0.426. The quantitative estimate of drug-likeness (QED) is 0.316. The molecular weight excluding hydrogens is 438 g/mol. The second-order valence-electron chi connectivity index (χ2n) is 6.71. The van der Waals surface area contributed by atoms with Crippen molar-refractivity contribution in [2.24, 2.45) is 4.99 Å². The van der Waals surface area contributed by atoms with Crippen LogP contribution in [0.15, 0.2) is 88.4 Å². The third kappa shape index (κ3) is 4.68. The molecule has 0 amide bonds. The highest BCUT2D eigenvalue weighted by Crippen LogP contribution is 2.24. The molecule has 0 N–H and O–H groups in total. The van der Waals surface area contributed by atoms with Crippen LogP contribution in [0, 0.1) is 6.92 Å². The molecule has 0 unspecified atom stereocenters. The molecule has 3 aromatic rings. The molecule has 1 aliphatic rings. The Morgan fingerprint density at radius 2 is 1.65 bits per heavy atom. The first kappa shape index (κ1) is 20.8. The number of benzene rings is 3. The van der Waals surface area contributed by atoms with Crippen molar-refractivity contribution in [3.05, 3.63) is 100 Å². The summed E-state index contributed by atoms with van der Waals surface area (Å²) in [6.07, 6.45) is 1.56. The predicted octanol–water partition coefficient (Wildman–Crippen LogP) is 4.76. The van der Waals surface area contributed by atoms with Gasteiger partial charge in [0.15, 0.2) is 5.70 Å². The van der Waals surface area contributed by atoms with Crippen LogP contribution in [0.2, 0.25) is 5.02 Å². The monoisotopic (exact) mass is 453 g/mol. The summed E-state index contributed by atoms with van der Waals surface area (Å²) in [6.45, 7) is 1.91. The van der Waals surface area contributed by atoms with Crippen LogP contribution in [-0.2, 0) is 19.6 Å². The molecule has 0 fully saturated rings. The molecule has 0 spiro atoms. The highest BCUT2D eigenvalue weighted by Gasteiger charge is 2.25. The highest BCUT2D eigenvalue weighted by molar-refractivity contribution is 7.87. The van der Waals surface area contributed by atoms with E-state index in [-0.39, 0.29) is 22.2 Å². The normalized spacial score (nSPS) is 15.0. The number of nitrogens with zero attached hydrogens (tertiary/aromatic N) is 1. The third-order valence-corrected chi connectivity index (χ3v) is 6.00. The van der Waals surface area contributed by atoms with E-state index in [2.05, 4.69) is 4.99 Å². The molecule has 156 valence electrons. The number of aliphatic imine (C=N–C) groups is 1. The van der Waals surface area contributed by atoms with Gasteiger partial charge in [0.05, 0.1) is 0 Å². The number of rotatable bonds is 5. The topological polar surface area (TPSA) is 82.0 Å². The van der Waals surface area contributed by atoms with Gasteiger partial charge in [-0.15, -0.1) is 0 Å². The standard InChI is InChI=1S/C23H16ClNO5S/c1-15-4-2-3-5-20(15)22-25-21(23(26)29-22)14-16-6-10-18(11-7-16)30-31(27,28)19-12-8-17(24)9-13-19/h2-14H,1H3. The van der Waals surface area contributed by atoms with Gasteiger partial charge in [-0.1, -0.05) is 41.9 Å². The molecule has 0 saturated heterocycles. The van der Waals surface area contributed by atoms with Gasteiger partial charge < -0.3 is 8.92 Å². The maximum Gasteiger partial charge on any atom is 0.363 e. The van der Waals surface area contributed by atoms with E-state index in [1.165, 1.54) is 36.4 Å². The van der Waals surface area contributed by atoms with Gasteiger partial charge in [0, 0.05) is 10.6 Å². The van der Waals surface area contributed by atoms with Gasteiger partial charge >= 0.3 is 16.1 Å². The van der Waals surface area contributed by atoms with Gasteiger partial charge in [-0.05, 0) is 66.6 Å². The summed E-state index contributed by atoms with van der Waals surface area (Å²) in [4.78, 5) is 16.5. The molecule has 0 atom stereocenters. The molecule has 3 aromatic carbocycles. The summed E-state index contributed by atoms with van der Waals surface area (Å²) in [5.41, 5.74) is 2.48. The number of ether oxygens (including phenoxy) is 1. The van der Waals surface area contributed by atoms with E-state index in [1.807, 2.05) is 31.2 Å². The lowest BCUT2D eigenvalue weighted by Crippen LogP contribution is -2.09. The first-order valence-corrected chi connectivity index (χ1v) is 11.0. The van der Waals surface area contributed by atoms with Crippen molar-refractivity contribution in [3.63, 3.8) is 0 Å². The van der Waals surface area contributed by atoms with Gasteiger partial charge in [0.1, 0.15) is 10.6 Å². The van der Waals surface area contributed by atoms with E-state index in [9.17, 15) is 13.2 Å². The summed E-state index contributed by atoms with van der Waals surface area (Å²) in [5.74, 6) is -0.164. The number of cyclic esters (lactones) is 1. The van der Waals surface area contributed by atoms with Crippen molar-refractivity contribution in [3.8, 4) is 5.75 Å². The Hall–Kier alpha value is -3.42. The minimum atomic E-state index is -3.99. The Morgan fingerprint density at radius 1 is 0.968 bits per heavy atom. The molecular formula is C23H16ClNO5S. The van der Waals surface area contributed by atoms with Crippen LogP contribution in [0.3, 0.4) is 0 Å². The third-order valence-electron chi connectivity index (χ3n) is 4.49. The number of hydrogen-bond donors (Lipinski definition) is 0. The molecule has 0 bridgehead atoms. The van der Waals surface area contributed by atoms with Crippen LogP contribution in [0.4, 0.5) is 0 Å². The fourth-order valence-corrected chi connectivity index (χ4v) is 3.95. The predicted molar refractivity (Wildman–Crippen MR) is 117 cm³/mol. The van der Waals surface area contributed by atoms with E-state index in [0.717, 1.165) is 11.1 Å². The van der Waals surface area contributed by atoms with E-state index >= 15 is 0 Å². The van der Waals surface area contributed by atoms with Crippen molar-refractivity contribution in [2.75, 3.05) is 0 Å². The number of carbonyl (C=O) groups excluding carboxylic acids is 1. The lowest BCUT2D eigenvalue weighted by molar-refractivity contribution is -0.129. The largest absolute Gasteiger partial charge is 0.402 e. The molecule has 4 rings (SSSR count). The summed E-state index contributed by atoms with van der Waals surface area (Å²) in [7, 11) is -3.99. The summed E-state index contributed by atoms with van der Waals surface area (Å²) in [6, 6.07) is 19.4. The van der Waals surface area contributed by atoms with Gasteiger partial charge in [-0.2, -0.15) is 8.42 Å². The van der Waals surface area contributed by atoms with Crippen LogP contribution in [0.25, 0.3) is 6.08 Å². The number of aryl methyl sites for hydroxylation is 1. The zero-order valence-corrected chi connectivity index (χ0v) is 17.9. The molecule has 1 aliphatic heterocycles. The van der Waals surface area contributed by atoms with E-state index in [0.29, 0.717) is 10.6 Å². The van der Waals surface area contributed by atoms with Crippen LogP contribution in [-0.4, -0.2) is 20.3 Å². The molecule has 0 aliphatic carbocycles. The maximum atomic E-state index is 12.4. The Labute approximate surface area is 184 Å². The Balaban J connectivity index is 1.53. The minimum absolute atomic E-state index is 0.00475. The lowest BCUT2D eigenvalue weighted by atomic mass is 10.1. The van der Waals surface area contributed by atoms with Crippen LogP contribution >= 0.6 is 11.6 Å². The van der Waals surface area contributed by atoms with Crippen molar-refractivity contribution >= 4 is 39.7 Å². The van der Waals surface area contributed by atoms with Crippen LogP contribution in [0.1, 0.15) is 16.7 Å². The van der Waals surface area contributed by atoms with E-state index < -0.39 is 16.1 Å². The second kappa shape index (κ2) is 8.37. The summed E-state index contributed by atoms with van der Waals surface area (Å²) >= 11 is 5.79. The zero-order valence-electron chi connectivity index (χ0n) is 16.3. The number of hydrogen-bond acceptors (Lipinski definition) is 6. The van der Waals surface area contributed by atoms with Gasteiger partial charge in [0.2, 0.25) is 5.90 Å². The number of esters is 1. The summed E-state index contributed by atoms with van der Waals surface area (Å²) < 4.78 is 35.2. The fourth-order valence-electron chi connectivity index (χ4n) is 2.89. The Kier molecular flexibility index (Phi) is 5.63. The average Bonchev–Trinajstić information content (AvgIpc) is 3.10. The first-order chi connectivity index (χ1) is 14.8. The van der Waals surface area contributed by atoms with E-state index in [1.54, 1.807) is 18.2 Å². The Bertz CT molecular complexity index is 1310. The molecule has 1 heterocycles. The van der Waals surface area contributed by atoms with Crippen molar-refractivity contribution < 1.29 is 22.1 Å². The molecule has 0 radical (unpaired) electrons. The van der Waals surface area contributed by atoms with Gasteiger partial charge in [-0.25, -0.2) is 9.79 Å². The SMILES string of the molecule is Cc1ccccc1C1=NC(=Cc2ccc(OS(=O)(=O)c3ccc(Cl)cc3)cc2)C(=O)O1. The van der Waals surface area contributed by atoms with Crippen LogP contribution in [0.5, 0.6) is 5.75 Å². The molecule has 0 saturated carbocycles.